The normalized spacial score (nSPS) is 14.7. The molecule has 0 saturated heterocycles. The van der Waals surface area contributed by atoms with Crippen molar-refractivity contribution in [1.82, 2.24) is 9.97 Å². The van der Waals surface area contributed by atoms with Gasteiger partial charge < -0.3 is 5.32 Å². The van der Waals surface area contributed by atoms with Crippen LogP contribution in [0.15, 0.2) is 6.20 Å². The SMILES string of the molecule is [c]1ncc2c(n1)NCC2. The van der Waals surface area contributed by atoms with E-state index in [2.05, 4.69) is 21.6 Å². The third-order valence-electron chi connectivity index (χ3n) is 1.43. The number of nitrogens with one attached hydrogen (secondary N) is 1. The van der Waals surface area contributed by atoms with E-state index in [0.29, 0.717) is 0 Å². The second-order valence-electron chi connectivity index (χ2n) is 2.02. The molecule has 0 aliphatic carbocycles. The Labute approximate surface area is 53.1 Å². The van der Waals surface area contributed by atoms with E-state index in [1.54, 1.807) is 0 Å². The van der Waals surface area contributed by atoms with Crippen LogP contribution in [-0.2, 0) is 6.42 Å². The minimum Gasteiger partial charge on any atom is -0.369 e. The molecule has 0 unspecified atom stereocenters. The van der Waals surface area contributed by atoms with Gasteiger partial charge in [0.1, 0.15) is 5.82 Å². The van der Waals surface area contributed by atoms with Gasteiger partial charge in [0.15, 0.2) is 6.33 Å². The molecule has 0 spiro atoms. The number of hydrogen-bond donors (Lipinski definition) is 1. The summed E-state index contributed by atoms with van der Waals surface area (Å²) >= 11 is 0. The van der Waals surface area contributed by atoms with Gasteiger partial charge in [-0.05, 0) is 6.42 Å². The van der Waals surface area contributed by atoms with Crippen molar-refractivity contribution in [3.8, 4) is 0 Å². The lowest BCUT2D eigenvalue weighted by Crippen LogP contribution is -1.92. The summed E-state index contributed by atoms with van der Waals surface area (Å²) in [5.41, 5.74) is 1.20. The monoisotopic (exact) mass is 120 g/mol. The highest BCUT2D eigenvalue weighted by molar-refractivity contribution is 5.46. The fourth-order valence-electron chi connectivity index (χ4n) is 0.970. The Morgan fingerprint density at radius 3 is 3.56 bits per heavy atom. The summed E-state index contributed by atoms with van der Waals surface area (Å²) in [4.78, 5) is 7.69. The van der Waals surface area contributed by atoms with Gasteiger partial charge in [0.2, 0.25) is 0 Å². The van der Waals surface area contributed by atoms with E-state index in [1.807, 2.05) is 6.20 Å². The summed E-state index contributed by atoms with van der Waals surface area (Å²) in [5, 5.41) is 3.12. The van der Waals surface area contributed by atoms with Gasteiger partial charge in [0.05, 0.1) is 0 Å². The molecular weight excluding hydrogens is 114 g/mol. The van der Waals surface area contributed by atoms with Gasteiger partial charge >= 0.3 is 0 Å². The molecule has 1 aliphatic rings. The van der Waals surface area contributed by atoms with Crippen molar-refractivity contribution in [2.24, 2.45) is 0 Å². The Balaban J connectivity index is 2.54. The fourth-order valence-corrected chi connectivity index (χ4v) is 0.970. The van der Waals surface area contributed by atoms with Crippen LogP contribution in [0.5, 0.6) is 0 Å². The summed E-state index contributed by atoms with van der Waals surface area (Å²) in [6.07, 6.45) is 5.38. The summed E-state index contributed by atoms with van der Waals surface area (Å²) in [5.74, 6) is 0.949. The number of anilines is 1. The van der Waals surface area contributed by atoms with Crippen LogP contribution in [0.25, 0.3) is 0 Å². The molecule has 2 rings (SSSR count). The minimum atomic E-state index is 0.949. The lowest BCUT2D eigenvalue weighted by Gasteiger charge is -1.91. The number of rotatable bonds is 0. The van der Waals surface area contributed by atoms with E-state index < -0.39 is 0 Å². The van der Waals surface area contributed by atoms with Crippen LogP contribution in [0.2, 0.25) is 0 Å². The number of nitrogens with zero attached hydrogens (tertiary/aromatic N) is 2. The van der Waals surface area contributed by atoms with Crippen LogP contribution in [0, 0.1) is 6.33 Å². The van der Waals surface area contributed by atoms with Crippen LogP contribution < -0.4 is 5.32 Å². The van der Waals surface area contributed by atoms with Crippen LogP contribution in [-0.4, -0.2) is 16.5 Å². The van der Waals surface area contributed by atoms with Crippen molar-refractivity contribution in [3.63, 3.8) is 0 Å². The van der Waals surface area contributed by atoms with Gasteiger partial charge in [-0.15, -0.1) is 0 Å². The van der Waals surface area contributed by atoms with E-state index >= 15 is 0 Å². The predicted molar refractivity (Wildman–Crippen MR) is 33.1 cm³/mol. The van der Waals surface area contributed by atoms with Crippen LogP contribution in [0.3, 0.4) is 0 Å². The molecule has 0 bridgehead atoms. The van der Waals surface area contributed by atoms with Crippen molar-refractivity contribution in [3.05, 3.63) is 18.1 Å². The van der Waals surface area contributed by atoms with Crippen molar-refractivity contribution < 1.29 is 0 Å². The van der Waals surface area contributed by atoms with Gasteiger partial charge in [-0.2, -0.15) is 0 Å². The van der Waals surface area contributed by atoms with Crippen molar-refractivity contribution in [2.75, 3.05) is 11.9 Å². The van der Waals surface area contributed by atoms with E-state index in [0.717, 1.165) is 18.8 Å². The lowest BCUT2D eigenvalue weighted by molar-refractivity contribution is 1.08. The molecule has 3 nitrogen and oxygen atoms in total. The standard InChI is InChI=1S/C6H6N3/c1-2-8-6-5(1)3-7-4-9-6/h3H,1-2H2,(H,7,8,9). The third-order valence-corrected chi connectivity index (χ3v) is 1.43. The molecular formula is C6H6N3. The molecule has 45 valence electrons. The molecule has 0 aromatic carbocycles. The maximum absolute atomic E-state index is 3.91. The van der Waals surface area contributed by atoms with Gasteiger partial charge in [-0.25, -0.2) is 9.97 Å². The first-order chi connectivity index (χ1) is 4.47. The minimum absolute atomic E-state index is 0.949. The summed E-state index contributed by atoms with van der Waals surface area (Å²) in [6, 6.07) is 0. The Kier molecular flexibility index (Phi) is 0.886. The first kappa shape index (κ1) is 4.73. The van der Waals surface area contributed by atoms with Gasteiger partial charge in [0, 0.05) is 18.3 Å². The fraction of sp³-hybridized carbons (Fsp3) is 0.333. The molecule has 1 radical (unpaired) electrons. The molecule has 1 aliphatic heterocycles. The van der Waals surface area contributed by atoms with Crippen molar-refractivity contribution >= 4 is 5.82 Å². The molecule has 0 saturated carbocycles. The maximum atomic E-state index is 3.91. The van der Waals surface area contributed by atoms with Gasteiger partial charge in [-0.3, -0.25) is 0 Å². The largest absolute Gasteiger partial charge is 0.369 e. The third kappa shape index (κ3) is 0.650. The Hall–Kier alpha value is -1.12. The van der Waals surface area contributed by atoms with Crippen molar-refractivity contribution in [1.29, 1.82) is 0 Å². The average molecular weight is 120 g/mol. The highest BCUT2D eigenvalue weighted by atomic mass is 15.0. The maximum Gasteiger partial charge on any atom is 0.199 e. The molecule has 1 N–H and O–H groups in total. The highest BCUT2D eigenvalue weighted by Crippen LogP contribution is 2.15. The first-order valence-corrected chi connectivity index (χ1v) is 2.92. The topological polar surface area (TPSA) is 37.8 Å². The zero-order valence-corrected chi connectivity index (χ0v) is 4.89. The Morgan fingerprint density at radius 2 is 2.67 bits per heavy atom. The van der Waals surface area contributed by atoms with Crippen LogP contribution in [0.4, 0.5) is 5.82 Å². The first-order valence-electron chi connectivity index (χ1n) is 2.92. The lowest BCUT2D eigenvalue weighted by atomic mass is 10.3. The number of hydrogen-bond acceptors (Lipinski definition) is 3. The zero-order chi connectivity index (χ0) is 6.10. The van der Waals surface area contributed by atoms with E-state index in [-0.39, 0.29) is 0 Å². The smallest absolute Gasteiger partial charge is 0.199 e. The van der Waals surface area contributed by atoms with E-state index in [1.165, 1.54) is 5.56 Å². The quantitative estimate of drug-likeness (QED) is 0.533. The average Bonchev–Trinajstić information content (AvgIpc) is 2.33. The number of aromatic nitrogens is 2. The zero-order valence-electron chi connectivity index (χ0n) is 4.89. The van der Waals surface area contributed by atoms with Crippen LogP contribution >= 0.6 is 0 Å². The second-order valence-corrected chi connectivity index (χ2v) is 2.02. The molecule has 1 aromatic rings. The molecule has 2 heterocycles. The molecule has 0 atom stereocenters. The van der Waals surface area contributed by atoms with Gasteiger partial charge in [0.25, 0.3) is 0 Å². The molecule has 0 amide bonds. The number of fused-ring (bicyclic) bond motifs is 1. The Morgan fingerprint density at radius 1 is 1.67 bits per heavy atom. The molecule has 0 fully saturated rings. The summed E-state index contributed by atoms with van der Waals surface area (Å²) < 4.78 is 0. The molecule has 9 heavy (non-hydrogen) atoms. The molecule has 1 aromatic heterocycles. The predicted octanol–water partition coefficient (Wildman–Crippen LogP) is 0.245. The van der Waals surface area contributed by atoms with Gasteiger partial charge in [-0.1, -0.05) is 0 Å². The van der Waals surface area contributed by atoms with E-state index in [9.17, 15) is 0 Å². The second kappa shape index (κ2) is 1.69. The summed E-state index contributed by atoms with van der Waals surface area (Å²) in [6.45, 7) is 0.988. The van der Waals surface area contributed by atoms with E-state index in [4.69, 9.17) is 0 Å². The van der Waals surface area contributed by atoms with Crippen LogP contribution in [0.1, 0.15) is 5.56 Å². The van der Waals surface area contributed by atoms with Crippen molar-refractivity contribution in [2.45, 2.75) is 6.42 Å². The molecule has 3 heteroatoms. The highest BCUT2D eigenvalue weighted by Gasteiger charge is 2.08. The summed E-state index contributed by atoms with van der Waals surface area (Å²) in [7, 11) is 0. The Bertz CT molecular complexity index is 198.